The van der Waals surface area contributed by atoms with E-state index in [-0.39, 0.29) is 11.3 Å². The Bertz CT molecular complexity index is 849. The van der Waals surface area contributed by atoms with Crippen molar-refractivity contribution in [1.29, 1.82) is 0 Å². The maximum Gasteiger partial charge on any atom is 0.345 e. The van der Waals surface area contributed by atoms with Crippen molar-refractivity contribution in [2.24, 2.45) is 0 Å². The lowest BCUT2D eigenvalue weighted by atomic mass is 10.1. The molecule has 0 saturated heterocycles. The minimum absolute atomic E-state index is 0.156. The number of benzene rings is 2. The molecule has 0 radical (unpaired) electrons. The number of carbonyl (C=O) groups excluding carboxylic acids is 2. The van der Waals surface area contributed by atoms with Gasteiger partial charge in [-0.1, -0.05) is 12.1 Å². The van der Waals surface area contributed by atoms with Crippen molar-refractivity contribution in [2.75, 3.05) is 13.7 Å². The molecular weight excluding hydrogens is 394 g/mol. The second-order valence-electron chi connectivity index (χ2n) is 5.07. The molecule has 0 bridgehead atoms. The Morgan fingerprint density at radius 3 is 2.56 bits per heavy atom. The fraction of sp³-hybridized carbons (Fsp3) is 0.176. The van der Waals surface area contributed by atoms with Gasteiger partial charge in [-0.25, -0.2) is 4.79 Å². The van der Waals surface area contributed by atoms with Gasteiger partial charge in [0.25, 0.3) is 5.69 Å². The lowest BCUT2D eigenvalue weighted by molar-refractivity contribution is -0.385. The van der Waals surface area contributed by atoms with Crippen LogP contribution in [-0.4, -0.2) is 30.4 Å². The molecule has 2 aromatic carbocycles. The molecule has 0 amide bonds. The first-order valence-electron chi connectivity index (χ1n) is 7.13. The number of nitro groups is 1. The van der Waals surface area contributed by atoms with Crippen molar-refractivity contribution in [3.8, 4) is 5.75 Å². The summed E-state index contributed by atoms with van der Waals surface area (Å²) in [7, 11) is 1.50. The number of methoxy groups -OCH3 is 1. The summed E-state index contributed by atoms with van der Waals surface area (Å²) < 4.78 is 10.6. The van der Waals surface area contributed by atoms with Crippen molar-refractivity contribution in [2.45, 2.75) is 6.92 Å². The number of nitro benzene ring substituents is 1. The molecule has 0 spiro atoms. The molecule has 0 atom stereocenters. The monoisotopic (exact) mass is 407 g/mol. The van der Waals surface area contributed by atoms with Crippen molar-refractivity contribution in [3.05, 3.63) is 67.7 Å². The number of carbonyl (C=O) groups is 2. The molecule has 0 heterocycles. The Morgan fingerprint density at radius 1 is 1.24 bits per heavy atom. The van der Waals surface area contributed by atoms with Crippen LogP contribution in [0.2, 0.25) is 0 Å². The van der Waals surface area contributed by atoms with Crippen molar-refractivity contribution in [3.63, 3.8) is 0 Å². The van der Waals surface area contributed by atoms with Gasteiger partial charge in [-0.15, -0.1) is 0 Å². The quantitative estimate of drug-likeness (QED) is 0.313. The van der Waals surface area contributed by atoms with Gasteiger partial charge in [0.05, 0.1) is 16.5 Å². The van der Waals surface area contributed by atoms with Crippen LogP contribution in [-0.2, 0) is 4.74 Å². The average molecular weight is 408 g/mol. The fourth-order valence-electron chi connectivity index (χ4n) is 2.20. The topological polar surface area (TPSA) is 95.7 Å². The molecule has 8 heteroatoms. The average Bonchev–Trinajstić information content (AvgIpc) is 2.58. The summed E-state index contributed by atoms with van der Waals surface area (Å²) in [4.78, 5) is 34.7. The molecule has 0 aliphatic rings. The number of ketones is 1. The summed E-state index contributed by atoms with van der Waals surface area (Å²) >= 11 is 3.27. The van der Waals surface area contributed by atoms with E-state index in [9.17, 15) is 19.7 Å². The summed E-state index contributed by atoms with van der Waals surface area (Å²) in [6.45, 7) is 1.04. The van der Waals surface area contributed by atoms with Crippen LogP contribution in [0.4, 0.5) is 5.69 Å². The predicted octanol–water partition coefficient (Wildman–Crippen LogP) is 3.71. The number of hydrogen-bond acceptors (Lipinski definition) is 6. The van der Waals surface area contributed by atoms with E-state index in [1.165, 1.54) is 25.3 Å². The van der Waals surface area contributed by atoms with Crippen molar-refractivity contribution >= 4 is 33.4 Å². The maximum atomic E-state index is 12.2. The van der Waals surface area contributed by atoms with Gasteiger partial charge in [-0.2, -0.15) is 0 Å². The first-order chi connectivity index (χ1) is 11.8. The number of Topliss-reactive ketones (excluding diaryl/α,β-unsaturated/α-hetero) is 1. The number of esters is 1. The summed E-state index contributed by atoms with van der Waals surface area (Å²) in [6.07, 6.45) is 0. The van der Waals surface area contributed by atoms with Crippen LogP contribution in [0.25, 0.3) is 0 Å². The van der Waals surface area contributed by atoms with Gasteiger partial charge in [0.15, 0.2) is 12.4 Å². The van der Waals surface area contributed by atoms with Gasteiger partial charge in [0.2, 0.25) is 0 Å². The first-order valence-corrected chi connectivity index (χ1v) is 7.92. The predicted molar refractivity (Wildman–Crippen MR) is 93.1 cm³/mol. The molecule has 0 unspecified atom stereocenters. The molecular formula is C17H14BrNO6. The maximum absolute atomic E-state index is 12.2. The standard InChI is InChI=1S/C17H14BrNO6/c1-10-4-3-5-13(19(22)23)16(10)17(21)25-9-14(20)11-6-7-15(24-2)12(18)8-11/h3-8H,9H2,1-2H3. The van der Waals surface area contributed by atoms with Crippen LogP contribution in [0.15, 0.2) is 40.9 Å². The molecule has 2 rings (SSSR count). The van der Waals surface area contributed by atoms with Crippen LogP contribution in [0.5, 0.6) is 5.75 Å². The van der Waals surface area contributed by atoms with Gasteiger partial charge in [-0.05, 0) is 46.6 Å². The van der Waals surface area contributed by atoms with Gasteiger partial charge >= 0.3 is 5.97 Å². The molecule has 0 aliphatic carbocycles. The summed E-state index contributed by atoms with van der Waals surface area (Å²) in [5.74, 6) is -0.789. The molecule has 0 saturated carbocycles. The van der Waals surface area contributed by atoms with Crippen LogP contribution in [0.3, 0.4) is 0 Å². The van der Waals surface area contributed by atoms with E-state index < -0.39 is 23.3 Å². The highest BCUT2D eigenvalue weighted by molar-refractivity contribution is 9.10. The lowest BCUT2D eigenvalue weighted by Crippen LogP contribution is -2.16. The van der Waals surface area contributed by atoms with Gasteiger partial charge in [0, 0.05) is 11.6 Å². The van der Waals surface area contributed by atoms with E-state index in [0.29, 0.717) is 21.3 Å². The number of nitrogens with zero attached hydrogens (tertiary/aromatic N) is 1. The van der Waals surface area contributed by atoms with Crippen LogP contribution < -0.4 is 4.74 Å². The van der Waals surface area contributed by atoms with Gasteiger partial charge < -0.3 is 9.47 Å². The normalized spacial score (nSPS) is 10.2. The molecule has 25 heavy (non-hydrogen) atoms. The number of halogens is 1. The zero-order valence-corrected chi connectivity index (χ0v) is 15.0. The number of ether oxygens (including phenoxy) is 2. The summed E-state index contributed by atoms with van der Waals surface area (Å²) in [5, 5.41) is 11.0. The zero-order chi connectivity index (χ0) is 18.6. The third-order valence-electron chi connectivity index (χ3n) is 3.46. The third-order valence-corrected chi connectivity index (χ3v) is 4.08. The number of aryl methyl sites for hydroxylation is 1. The van der Waals surface area contributed by atoms with Gasteiger partial charge in [0.1, 0.15) is 11.3 Å². The second kappa shape index (κ2) is 7.89. The third kappa shape index (κ3) is 4.21. The smallest absolute Gasteiger partial charge is 0.345 e. The fourth-order valence-corrected chi connectivity index (χ4v) is 2.74. The van der Waals surface area contributed by atoms with E-state index in [4.69, 9.17) is 9.47 Å². The Balaban J connectivity index is 2.14. The van der Waals surface area contributed by atoms with E-state index in [1.807, 2.05) is 0 Å². The highest BCUT2D eigenvalue weighted by Crippen LogP contribution is 2.26. The van der Waals surface area contributed by atoms with Crippen LogP contribution in [0, 0.1) is 17.0 Å². The van der Waals surface area contributed by atoms with Crippen molar-refractivity contribution < 1.29 is 24.0 Å². The first kappa shape index (κ1) is 18.6. The number of rotatable bonds is 6. The molecule has 2 aromatic rings. The molecule has 130 valence electrons. The molecule has 0 fully saturated rings. The van der Waals surface area contributed by atoms with E-state index in [0.717, 1.165) is 0 Å². The highest BCUT2D eigenvalue weighted by atomic mass is 79.9. The Kier molecular flexibility index (Phi) is 5.87. The minimum atomic E-state index is -0.911. The molecule has 0 aliphatic heterocycles. The van der Waals surface area contributed by atoms with Crippen molar-refractivity contribution in [1.82, 2.24) is 0 Å². The van der Waals surface area contributed by atoms with Crippen LogP contribution >= 0.6 is 15.9 Å². The largest absolute Gasteiger partial charge is 0.496 e. The SMILES string of the molecule is COc1ccc(C(=O)COC(=O)c2c(C)cccc2[N+](=O)[O-])cc1Br. The molecule has 0 N–H and O–H groups in total. The zero-order valence-electron chi connectivity index (χ0n) is 13.4. The Hall–Kier alpha value is -2.74. The summed E-state index contributed by atoms with van der Waals surface area (Å²) in [6, 6.07) is 8.94. The van der Waals surface area contributed by atoms with E-state index >= 15 is 0 Å². The minimum Gasteiger partial charge on any atom is -0.496 e. The summed E-state index contributed by atoms with van der Waals surface area (Å²) in [5.41, 5.74) is 0.208. The molecule has 7 nitrogen and oxygen atoms in total. The van der Waals surface area contributed by atoms with E-state index in [1.54, 1.807) is 25.1 Å². The number of hydrogen-bond donors (Lipinski definition) is 0. The second-order valence-corrected chi connectivity index (χ2v) is 5.93. The highest BCUT2D eigenvalue weighted by Gasteiger charge is 2.24. The Labute approximate surface area is 151 Å². The van der Waals surface area contributed by atoms with E-state index in [2.05, 4.69) is 15.9 Å². The molecule has 0 aromatic heterocycles. The Morgan fingerprint density at radius 2 is 1.96 bits per heavy atom. The van der Waals surface area contributed by atoms with Gasteiger partial charge in [-0.3, -0.25) is 14.9 Å². The van der Waals surface area contributed by atoms with Crippen LogP contribution in [0.1, 0.15) is 26.3 Å². The lowest BCUT2D eigenvalue weighted by Gasteiger charge is -2.08.